The maximum Gasteiger partial charge on any atom is 0.257 e. The number of ether oxygens (including phenoxy) is 1. The molecule has 2 aromatic rings. The van der Waals surface area contributed by atoms with Crippen molar-refractivity contribution < 1.29 is 14.3 Å². The lowest BCUT2D eigenvalue weighted by molar-refractivity contribution is -0.123. The lowest BCUT2D eigenvalue weighted by atomic mass is 9.95. The van der Waals surface area contributed by atoms with Gasteiger partial charge in [-0.25, -0.2) is 0 Å². The fourth-order valence-electron chi connectivity index (χ4n) is 3.26. The van der Waals surface area contributed by atoms with Gasteiger partial charge >= 0.3 is 0 Å². The van der Waals surface area contributed by atoms with Crippen LogP contribution >= 0.6 is 0 Å². The number of primary amides is 1. The average molecular weight is 370 g/mol. The fraction of sp³-hybridized carbons (Fsp3) is 0.450. The first kappa shape index (κ1) is 18.9. The average Bonchev–Trinajstić information content (AvgIpc) is 3.18. The highest BCUT2D eigenvalue weighted by Crippen LogP contribution is 2.26. The smallest absolute Gasteiger partial charge is 0.257 e. The number of piperidine rings is 1. The Morgan fingerprint density at radius 3 is 2.59 bits per heavy atom. The number of carbonyl (C=O) groups excluding carboxylic acids is 2. The molecule has 7 heteroatoms. The predicted molar refractivity (Wildman–Crippen MR) is 102 cm³/mol. The maximum absolute atomic E-state index is 12.9. The molecule has 1 aromatic carbocycles. The Bertz CT molecular complexity index is 777. The zero-order valence-electron chi connectivity index (χ0n) is 15.6. The molecule has 3 N–H and O–H groups in total. The van der Waals surface area contributed by atoms with Gasteiger partial charge in [-0.15, -0.1) is 0 Å². The number of H-pyrrole nitrogens is 1. The quantitative estimate of drug-likeness (QED) is 0.731. The van der Waals surface area contributed by atoms with Crippen molar-refractivity contribution in [1.82, 2.24) is 15.1 Å². The largest absolute Gasteiger partial charge is 0.494 e. The second kappa shape index (κ2) is 8.70. The van der Waals surface area contributed by atoms with Crippen LogP contribution in [0.15, 0.2) is 30.5 Å². The topological polar surface area (TPSA) is 101 Å². The van der Waals surface area contributed by atoms with E-state index in [4.69, 9.17) is 10.5 Å². The highest BCUT2D eigenvalue weighted by molar-refractivity contribution is 5.99. The van der Waals surface area contributed by atoms with E-state index in [1.807, 2.05) is 24.3 Å². The fourth-order valence-corrected chi connectivity index (χ4v) is 3.26. The number of hydrogen-bond donors (Lipinski definition) is 2. The van der Waals surface area contributed by atoms with Crippen LogP contribution in [0.4, 0.5) is 0 Å². The molecule has 1 saturated heterocycles. The Labute approximate surface area is 158 Å². The molecule has 0 aliphatic carbocycles. The Morgan fingerprint density at radius 2 is 1.96 bits per heavy atom. The molecule has 2 heterocycles. The molecule has 0 saturated carbocycles. The van der Waals surface area contributed by atoms with E-state index < -0.39 is 0 Å². The molecule has 27 heavy (non-hydrogen) atoms. The molecule has 0 unspecified atom stereocenters. The van der Waals surface area contributed by atoms with Gasteiger partial charge in [0.25, 0.3) is 5.91 Å². The Morgan fingerprint density at radius 1 is 1.26 bits per heavy atom. The van der Waals surface area contributed by atoms with Crippen molar-refractivity contribution in [3.8, 4) is 17.0 Å². The van der Waals surface area contributed by atoms with Crippen molar-refractivity contribution in [3.63, 3.8) is 0 Å². The molecule has 144 valence electrons. The van der Waals surface area contributed by atoms with Crippen LogP contribution in [0.3, 0.4) is 0 Å². The number of rotatable bonds is 7. The minimum Gasteiger partial charge on any atom is -0.494 e. The number of aromatic amines is 1. The normalized spacial score (nSPS) is 14.9. The minimum absolute atomic E-state index is 0.0788. The molecule has 3 rings (SSSR count). The lowest BCUT2D eigenvalue weighted by Crippen LogP contribution is -2.41. The van der Waals surface area contributed by atoms with E-state index in [-0.39, 0.29) is 17.7 Å². The molecule has 0 atom stereocenters. The van der Waals surface area contributed by atoms with Crippen LogP contribution in [0, 0.1) is 5.92 Å². The van der Waals surface area contributed by atoms with Gasteiger partial charge in [-0.1, -0.05) is 13.3 Å². The monoisotopic (exact) mass is 370 g/mol. The van der Waals surface area contributed by atoms with E-state index in [1.165, 1.54) is 0 Å². The van der Waals surface area contributed by atoms with Crippen molar-refractivity contribution in [3.05, 3.63) is 36.0 Å². The van der Waals surface area contributed by atoms with E-state index >= 15 is 0 Å². The van der Waals surface area contributed by atoms with Gasteiger partial charge in [0.05, 0.1) is 24.1 Å². The second-order valence-electron chi connectivity index (χ2n) is 6.85. The van der Waals surface area contributed by atoms with Crippen LogP contribution < -0.4 is 10.5 Å². The summed E-state index contributed by atoms with van der Waals surface area (Å²) in [5, 5.41) is 6.99. The van der Waals surface area contributed by atoms with Gasteiger partial charge in [0, 0.05) is 24.6 Å². The van der Waals surface area contributed by atoms with E-state index in [1.54, 1.807) is 11.1 Å². The van der Waals surface area contributed by atoms with E-state index in [0.717, 1.165) is 24.2 Å². The second-order valence-corrected chi connectivity index (χ2v) is 6.85. The number of amides is 2. The van der Waals surface area contributed by atoms with Gasteiger partial charge in [-0.2, -0.15) is 5.10 Å². The standard InChI is InChI=1S/C20H26N4O3/c1-2-3-12-27-16-6-4-14(5-7-16)18-17(13-22-23-18)20(26)24-10-8-15(9-11-24)19(21)25/h4-7,13,15H,2-3,8-12H2,1H3,(H2,21,25)(H,22,23). The van der Waals surface area contributed by atoms with E-state index in [0.29, 0.717) is 43.8 Å². The maximum atomic E-state index is 12.9. The molecule has 2 amide bonds. The highest BCUT2D eigenvalue weighted by atomic mass is 16.5. The molecule has 0 spiro atoms. The van der Waals surface area contributed by atoms with Gasteiger partial charge < -0.3 is 15.4 Å². The Balaban J connectivity index is 1.68. The third-order valence-corrected chi connectivity index (χ3v) is 4.96. The Hall–Kier alpha value is -2.83. The summed E-state index contributed by atoms with van der Waals surface area (Å²) in [7, 11) is 0. The predicted octanol–water partition coefficient (Wildman–Crippen LogP) is 2.59. The number of nitrogens with two attached hydrogens (primary N) is 1. The number of nitrogens with one attached hydrogen (secondary N) is 1. The SMILES string of the molecule is CCCCOc1ccc(-c2[nH]ncc2C(=O)N2CCC(C(N)=O)CC2)cc1. The summed E-state index contributed by atoms with van der Waals surface area (Å²) >= 11 is 0. The van der Waals surface area contributed by atoms with Gasteiger partial charge in [0.1, 0.15) is 5.75 Å². The van der Waals surface area contributed by atoms with Crippen LogP contribution in [0.1, 0.15) is 43.0 Å². The van der Waals surface area contributed by atoms with E-state index in [2.05, 4.69) is 17.1 Å². The number of hydrogen-bond acceptors (Lipinski definition) is 4. The van der Waals surface area contributed by atoms with Crippen molar-refractivity contribution in [2.24, 2.45) is 11.7 Å². The lowest BCUT2D eigenvalue weighted by Gasteiger charge is -2.30. The summed E-state index contributed by atoms with van der Waals surface area (Å²) in [5.41, 5.74) is 7.47. The molecule has 1 aliphatic rings. The third-order valence-electron chi connectivity index (χ3n) is 4.96. The summed E-state index contributed by atoms with van der Waals surface area (Å²) in [6.07, 6.45) is 4.89. The van der Waals surface area contributed by atoms with Crippen molar-refractivity contribution in [1.29, 1.82) is 0 Å². The van der Waals surface area contributed by atoms with Gasteiger partial charge in [0.15, 0.2) is 0 Å². The molecular formula is C20H26N4O3. The number of nitrogens with zero attached hydrogens (tertiary/aromatic N) is 2. The van der Waals surface area contributed by atoms with Crippen LogP contribution in [-0.4, -0.2) is 46.6 Å². The first-order valence-corrected chi connectivity index (χ1v) is 9.45. The van der Waals surface area contributed by atoms with Crippen LogP contribution in [0.5, 0.6) is 5.75 Å². The third kappa shape index (κ3) is 4.48. The van der Waals surface area contributed by atoms with Crippen molar-refractivity contribution in [2.45, 2.75) is 32.6 Å². The summed E-state index contributed by atoms with van der Waals surface area (Å²) in [5.74, 6) is 0.309. The molecule has 1 aromatic heterocycles. The molecule has 7 nitrogen and oxygen atoms in total. The summed E-state index contributed by atoms with van der Waals surface area (Å²) in [6, 6.07) is 7.65. The summed E-state index contributed by atoms with van der Waals surface area (Å²) in [4.78, 5) is 26.0. The zero-order valence-corrected chi connectivity index (χ0v) is 15.6. The number of carbonyl (C=O) groups is 2. The van der Waals surface area contributed by atoms with Crippen LogP contribution in [0.2, 0.25) is 0 Å². The summed E-state index contributed by atoms with van der Waals surface area (Å²) < 4.78 is 5.68. The molecule has 1 fully saturated rings. The molecule has 0 bridgehead atoms. The number of benzene rings is 1. The first-order chi connectivity index (χ1) is 13.1. The molecular weight excluding hydrogens is 344 g/mol. The highest BCUT2D eigenvalue weighted by Gasteiger charge is 2.28. The number of aromatic nitrogens is 2. The van der Waals surface area contributed by atoms with E-state index in [9.17, 15) is 9.59 Å². The van der Waals surface area contributed by atoms with Gasteiger partial charge in [-0.3, -0.25) is 14.7 Å². The first-order valence-electron chi connectivity index (χ1n) is 9.45. The summed E-state index contributed by atoms with van der Waals surface area (Å²) in [6.45, 7) is 3.88. The van der Waals surface area contributed by atoms with Crippen molar-refractivity contribution >= 4 is 11.8 Å². The van der Waals surface area contributed by atoms with Gasteiger partial charge in [-0.05, 0) is 43.5 Å². The Kier molecular flexibility index (Phi) is 6.11. The minimum atomic E-state index is -0.285. The zero-order chi connectivity index (χ0) is 19.2. The van der Waals surface area contributed by atoms with Crippen LogP contribution in [-0.2, 0) is 4.79 Å². The number of likely N-dealkylation sites (tertiary alicyclic amines) is 1. The van der Waals surface area contributed by atoms with Crippen LogP contribution in [0.25, 0.3) is 11.3 Å². The number of unbranched alkanes of at least 4 members (excludes halogenated alkanes) is 1. The molecule has 1 aliphatic heterocycles. The van der Waals surface area contributed by atoms with Crippen molar-refractivity contribution in [2.75, 3.05) is 19.7 Å². The van der Waals surface area contributed by atoms with Gasteiger partial charge in [0.2, 0.25) is 5.91 Å². The molecule has 0 radical (unpaired) electrons.